The summed E-state index contributed by atoms with van der Waals surface area (Å²) in [6.07, 6.45) is 2.20. The molecule has 5 nitrogen and oxygen atoms in total. The van der Waals surface area contributed by atoms with Gasteiger partial charge in [-0.2, -0.15) is 0 Å². The summed E-state index contributed by atoms with van der Waals surface area (Å²) in [6, 6.07) is 8.67. The van der Waals surface area contributed by atoms with Crippen LogP contribution in [0.15, 0.2) is 24.3 Å². The van der Waals surface area contributed by atoms with Crippen molar-refractivity contribution in [3.05, 3.63) is 30.1 Å². The number of primary amides is 1. The molecule has 3 rings (SSSR count). The van der Waals surface area contributed by atoms with Crippen LogP contribution in [0.4, 0.5) is 0 Å². The molecule has 1 aliphatic rings. The second kappa shape index (κ2) is 6.08. The summed E-state index contributed by atoms with van der Waals surface area (Å²) in [6.45, 7) is 6.54. The van der Waals surface area contributed by atoms with Crippen LogP contribution < -0.4 is 5.73 Å². The summed E-state index contributed by atoms with van der Waals surface area (Å²) in [5.74, 6) is 1.26. The van der Waals surface area contributed by atoms with E-state index in [9.17, 15) is 4.79 Å². The lowest BCUT2D eigenvalue weighted by molar-refractivity contribution is -0.119. The van der Waals surface area contributed by atoms with Gasteiger partial charge in [-0.3, -0.25) is 9.69 Å². The van der Waals surface area contributed by atoms with E-state index in [1.807, 2.05) is 6.07 Å². The molecule has 22 heavy (non-hydrogen) atoms. The molecule has 1 aromatic carbocycles. The van der Waals surface area contributed by atoms with E-state index < -0.39 is 0 Å². The highest BCUT2D eigenvalue weighted by Gasteiger charge is 2.27. The van der Waals surface area contributed by atoms with E-state index in [1.165, 1.54) is 5.52 Å². The monoisotopic (exact) mass is 300 g/mol. The number of rotatable bonds is 4. The highest BCUT2D eigenvalue weighted by atomic mass is 16.1. The number of imidazole rings is 1. The third kappa shape index (κ3) is 2.86. The summed E-state index contributed by atoms with van der Waals surface area (Å²) >= 11 is 0. The molecule has 2 aromatic rings. The molecule has 1 amide bonds. The maximum Gasteiger partial charge on any atom is 0.231 e. The highest BCUT2D eigenvalue weighted by Crippen LogP contribution is 2.31. The van der Waals surface area contributed by atoms with Crippen LogP contribution in [-0.2, 0) is 4.79 Å². The van der Waals surface area contributed by atoms with Crippen molar-refractivity contribution in [2.24, 2.45) is 5.73 Å². The van der Waals surface area contributed by atoms with Crippen LogP contribution >= 0.6 is 0 Å². The number of likely N-dealkylation sites (tertiary alicyclic amines) is 1. The number of hydrogen-bond acceptors (Lipinski definition) is 3. The summed E-state index contributed by atoms with van der Waals surface area (Å²) in [5, 5.41) is 0. The number of hydrogen-bond donors (Lipinski definition) is 1. The Bertz CT molecular complexity index is 676. The number of nitrogens with two attached hydrogens (primary N) is 1. The number of aromatic nitrogens is 2. The second-order valence-electron chi connectivity index (χ2n) is 6.46. The van der Waals surface area contributed by atoms with Gasteiger partial charge in [-0.25, -0.2) is 4.98 Å². The van der Waals surface area contributed by atoms with Gasteiger partial charge in [0.1, 0.15) is 5.82 Å². The van der Waals surface area contributed by atoms with Gasteiger partial charge in [0.05, 0.1) is 17.6 Å². The van der Waals surface area contributed by atoms with E-state index in [-0.39, 0.29) is 5.91 Å². The first kappa shape index (κ1) is 15.0. The number of amides is 1. The van der Waals surface area contributed by atoms with Gasteiger partial charge in [0.2, 0.25) is 5.91 Å². The third-order valence-electron chi connectivity index (χ3n) is 4.39. The lowest BCUT2D eigenvalue weighted by Crippen LogP contribution is -2.40. The summed E-state index contributed by atoms with van der Waals surface area (Å²) in [7, 11) is 0. The van der Waals surface area contributed by atoms with E-state index in [0.29, 0.717) is 18.5 Å². The molecule has 1 aromatic heterocycles. The van der Waals surface area contributed by atoms with Gasteiger partial charge in [0.15, 0.2) is 0 Å². The zero-order valence-corrected chi connectivity index (χ0v) is 13.3. The van der Waals surface area contributed by atoms with Crippen molar-refractivity contribution in [2.45, 2.75) is 38.6 Å². The van der Waals surface area contributed by atoms with Crippen molar-refractivity contribution in [3.63, 3.8) is 0 Å². The number of piperidine rings is 1. The van der Waals surface area contributed by atoms with Crippen LogP contribution in [0.3, 0.4) is 0 Å². The predicted molar refractivity (Wildman–Crippen MR) is 87.7 cm³/mol. The minimum absolute atomic E-state index is 0.252. The van der Waals surface area contributed by atoms with Gasteiger partial charge in [0, 0.05) is 18.5 Å². The first-order valence-corrected chi connectivity index (χ1v) is 8.03. The van der Waals surface area contributed by atoms with E-state index in [4.69, 9.17) is 10.7 Å². The fourth-order valence-corrected chi connectivity index (χ4v) is 3.52. The Balaban J connectivity index is 1.95. The van der Waals surface area contributed by atoms with Gasteiger partial charge in [-0.15, -0.1) is 0 Å². The Morgan fingerprint density at radius 2 is 2.18 bits per heavy atom. The van der Waals surface area contributed by atoms with Crippen molar-refractivity contribution < 1.29 is 4.79 Å². The molecule has 5 heteroatoms. The van der Waals surface area contributed by atoms with Crippen molar-refractivity contribution in [3.8, 4) is 0 Å². The predicted octanol–water partition coefficient (Wildman–Crippen LogP) is 2.28. The van der Waals surface area contributed by atoms with Crippen LogP contribution in [0.25, 0.3) is 11.0 Å². The van der Waals surface area contributed by atoms with Gasteiger partial charge in [0.25, 0.3) is 0 Å². The maximum atomic E-state index is 11.2. The fourth-order valence-electron chi connectivity index (χ4n) is 3.52. The second-order valence-corrected chi connectivity index (χ2v) is 6.46. The molecule has 1 atom stereocenters. The Morgan fingerprint density at radius 3 is 2.91 bits per heavy atom. The topological polar surface area (TPSA) is 64.2 Å². The lowest BCUT2D eigenvalue weighted by Gasteiger charge is -2.32. The molecule has 0 saturated carbocycles. The molecule has 0 aliphatic carbocycles. The largest absolute Gasteiger partial charge is 0.369 e. The summed E-state index contributed by atoms with van der Waals surface area (Å²) in [4.78, 5) is 18.2. The number of carbonyl (C=O) groups excluding carboxylic acids is 1. The number of benzene rings is 1. The highest BCUT2D eigenvalue weighted by molar-refractivity contribution is 5.76. The summed E-state index contributed by atoms with van der Waals surface area (Å²) in [5.41, 5.74) is 7.59. The van der Waals surface area contributed by atoms with Crippen LogP contribution in [0.1, 0.15) is 44.5 Å². The van der Waals surface area contributed by atoms with Crippen molar-refractivity contribution in [1.29, 1.82) is 0 Å². The van der Waals surface area contributed by atoms with E-state index in [2.05, 4.69) is 41.5 Å². The van der Waals surface area contributed by atoms with Crippen molar-refractivity contribution in [2.75, 3.05) is 19.6 Å². The third-order valence-corrected chi connectivity index (χ3v) is 4.39. The normalized spacial score (nSPS) is 19.9. The molecule has 1 saturated heterocycles. The van der Waals surface area contributed by atoms with Crippen LogP contribution in [0.5, 0.6) is 0 Å². The molecule has 0 spiro atoms. The minimum atomic E-state index is -0.252. The molecule has 2 heterocycles. The first-order valence-electron chi connectivity index (χ1n) is 8.03. The molecule has 0 unspecified atom stereocenters. The molecule has 0 bridgehead atoms. The SMILES string of the molecule is CC(C)n1c([C@@H]2CCCN(CC(N)=O)C2)nc2ccccc21. The van der Waals surface area contributed by atoms with Crippen molar-refractivity contribution >= 4 is 16.9 Å². The fraction of sp³-hybridized carbons (Fsp3) is 0.529. The molecule has 0 radical (unpaired) electrons. The summed E-state index contributed by atoms with van der Waals surface area (Å²) < 4.78 is 2.34. The average molecular weight is 300 g/mol. The van der Waals surface area contributed by atoms with Crippen LogP contribution in [-0.4, -0.2) is 40.0 Å². The standard InChI is InChI=1S/C17H24N4O/c1-12(2)21-15-8-4-3-7-14(15)19-17(21)13-6-5-9-20(10-13)11-16(18)22/h3-4,7-8,12-13H,5-6,9-11H2,1-2H3,(H2,18,22)/t13-/m1/s1. The Hall–Kier alpha value is -1.88. The van der Waals surface area contributed by atoms with Gasteiger partial charge in [-0.05, 0) is 45.4 Å². The van der Waals surface area contributed by atoms with Gasteiger partial charge in [-0.1, -0.05) is 12.1 Å². The molecule has 2 N–H and O–H groups in total. The van der Waals surface area contributed by atoms with E-state index >= 15 is 0 Å². The number of fused-ring (bicyclic) bond motifs is 1. The Labute approximate surface area is 131 Å². The number of carbonyl (C=O) groups is 1. The Kier molecular flexibility index (Phi) is 4.16. The smallest absolute Gasteiger partial charge is 0.231 e. The van der Waals surface area contributed by atoms with Gasteiger partial charge < -0.3 is 10.3 Å². The molecule has 118 valence electrons. The molecular formula is C17H24N4O. The maximum absolute atomic E-state index is 11.2. The molecule has 1 fully saturated rings. The van der Waals surface area contributed by atoms with E-state index in [0.717, 1.165) is 37.3 Å². The Morgan fingerprint density at radius 1 is 1.41 bits per heavy atom. The number of nitrogens with zero attached hydrogens (tertiary/aromatic N) is 3. The van der Waals surface area contributed by atoms with Crippen LogP contribution in [0, 0.1) is 0 Å². The van der Waals surface area contributed by atoms with Crippen LogP contribution in [0.2, 0.25) is 0 Å². The van der Waals surface area contributed by atoms with E-state index in [1.54, 1.807) is 0 Å². The average Bonchev–Trinajstić information content (AvgIpc) is 2.86. The zero-order chi connectivity index (χ0) is 15.7. The lowest BCUT2D eigenvalue weighted by atomic mass is 9.97. The first-order chi connectivity index (χ1) is 10.6. The quantitative estimate of drug-likeness (QED) is 0.942. The number of para-hydroxylation sites is 2. The van der Waals surface area contributed by atoms with Crippen molar-refractivity contribution in [1.82, 2.24) is 14.5 Å². The zero-order valence-electron chi connectivity index (χ0n) is 13.3. The molecule has 1 aliphatic heterocycles. The molecular weight excluding hydrogens is 276 g/mol. The van der Waals surface area contributed by atoms with Gasteiger partial charge >= 0.3 is 0 Å². The minimum Gasteiger partial charge on any atom is -0.369 e.